The maximum Gasteiger partial charge on any atom is 0.317 e. The molecule has 2 heterocycles. The molecule has 2 rings (SSSR count). The Hall–Kier alpha value is -0.660. The van der Waals surface area contributed by atoms with E-state index in [0.29, 0.717) is 12.5 Å². The highest BCUT2D eigenvalue weighted by Crippen LogP contribution is 2.25. The Morgan fingerprint density at radius 2 is 2.05 bits per heavy atom. The van der Waals surface area contributed by atoms with Crippen molar-refractivity contribution in [2.75, 3.05) is 31.1 Å². The van der Waals surface area contributed by atoms with Crippen molar-refractivity contribution in [3.05, 3.63) is 0 Å². The smallest absolute Gasteiger partial charge is 0.317 e. The van der Waals surface area contributed by atoms with E-state index in [2.05, 4.69) is 18.7 Å². The minimum atomic E-state index is -2.98. The van der Waals surface area contributed by atoms with Gasteiger partial charge in [-0.1, -0.05) is 0 Å². The van der Waals surface area contributed by atoms with Crippen LogP contribution in [0.3, 0.4) is 0 Å². The second-order valence-electron chi connectivity index (χ2n) is 6.15. The van der Waals surface area contributed by atoms with Gasteiger partial charge in [-0.3, -0.25) is 14.6 Å². The van der Waals surface area contributed by atoms with E-state index >= 15 is 0 Å². The fraction of sp³-hybridized carbons (Fsp3) is 0.923. The van der Waals surface area contributed by atoms with Crippen LogP contribution in [0.25, 0.3) is 0 Å². The number of carboxylic acid groups (broad SMARTS) is 1. The molecular formula is C13H24N2O4S. The summed E-state index contributed by atoms with van der Waals surface area (Å²) in [5.41, 5.74) is 0. The van der Waals surface area contributed by atoms with Crippen molar-refractivity contribution in [1.82, 2.24) is 9.80 Å². The molecule has 2 unspecified atom stereocenters. The summed E-state index contributed by atoms with van der Waals surface area (Å²) in [7, 11) is -2.98. The number of carboxylic acids is 1. The summed E-state index contributed by atoms with van der Waals surface area (Å²) < 4.78 is 23.3. The average molecular weight is 304 g/mol. The van der Waals surface area contributed by atoms with E-state index in [1.165, 1.54) is 0 Å². The molecule has 2 atom stereocenters. The molecule has 6 nitrogen and oxygen atoms in total. The van der Waals surface area contributed by atoms with Crippen LogP contribution in [0.4, 0.5) is 0 Å². The summed E-state index contributed by atoms with van der Waals surface area (Å²) in [6.45, 7) is 5.99. The lowest BCUT2D eigenvalue weighted by atomic mass is 10.1. The molecule has 0 amide bonds. The fourth-order valence-corrected chi connectivity index (χ4v) is 5.00. The van der Waals surface area contributed by atoms with Gasteiger partial charge in [-0.2, -0.15) is 0 Å². The molecule has 0 aromatic heterocycles. The number of nitrogens with zero attached hydrogens (tertiary/aromatic N) is 2. The van der Waals surface area contributed by atoms with Gasteiger partial charge in [0.25, 0.3) is 0 Å². The van der Waals surface area contributed by atoms with Gasteiger partial charge < -0.3 is 5.11 Å². The van der Waals surface area contributed by atoms with Crippen molar-refractivity contribution < 1.29 is 18.3 Å². The van der Waals surface area contributed by atoms with Crippen LogP contribution in [0.1, 0.15) is 26.7 Å². The fourth-order valence-electron chi connectivity index (χ4n) is 3.26. The number of hydrogen-bond acceptors (Lipinski definition) is 5. The second-order valence-corrected chi connectivity index (χ2v) is 8.38. The van der Waals surface area contributed by atoms with Crippen molar-refractivity contribution in [2.24, 2.45) is 0 Å². The first-order valence-corrected chi connectivity index (χ1v) is 9.02. The molecule has 2 aliphatic heterocycles. The molecule has 0 saturated carbocycles. The minimum absolute atomic E-state index is 0.0587. The third-order valence-corrected chi connectivity index (χ3v) is 6.14. The number of likely N-dealkylation sites (tertiary alicyclic amines) is 1. The molecule has 0 aromatic rings. The molecule has 0 radical (unpaired) electrons. The van der Waals surface area contributed by atoms with E-state index in [1.54, 1.807) is 0 Å². The zero-order chi connectivity index (χ0) is 14.9. The lowest BCUT2D eigenvalue weighted by Crippen LogP contribution is -2.48. The Kier molecular flexibility index (Phi) is 4.71. The Morgan fingerprint density at radius 1 is 1.35 bits per heavy atom. The molecule has 20 heavy (non-hydrogen) atoms. The first-order chi connectivity index (χ1) is 9.28. The number of aliphatic carboxylic acids is 1. The molecule has 1 N–H and O–H groups in total. The zero-order valence-corrected chi connectivity index (χ0v) is 13.0. The van der Waals surface area contributed by atoms with Gasteiger partial charge >= 0.3 is 5.97 Å². The normalized spacial score (nSPS) is 30.4. The summed E-state index contributed by atoms with van der Waals surface area (Å²) in [6, 6.07) is 0.471. The molecule has 116 valence electrons. The van der Waals surface area contributed by atoms with Crippen LogP contribution in [-0.4, -0.2) is 78.6 Å². The van der Waals surface area contributed by atoms with Crippen LogP contribution in [-0.2, 0) is 14.6 Å². The third-order valence-electron chi connectivity index (χ3n) is 4.39. The van der Waals surface area contributed by atoms with E-state index in [9.17, 15) is 13.2 Å². The Balaban J connectivity index is 2.07. The zero-order valence-electron chi connectivity index (χ0n) is 12.2. The van der Waals surface area contributed by atoms with E-state index in [1.807, 2.05) is 4.90 Å². The maximum atomic E-state index is 11.6. The number of carbonyl (C=O) groups is 1. The molecule has 0 aromatic carbocycles. The summed E-state index contributed by atoms with van der Waals surface area (Å²) >= 11 is 0. The standard InChI is InChI=1S/C13H24N2O4S/c1-10(2)14-5-3-11(7-14)15(8-13(16)17)12-4-6-20(18,19)9-12/h10-12H,3-9H2,1-2H3,(H,16,17). The number of rotatable bonds is 5. The third kappa shape index (κ3) is 3.71. The summed E-state index contributed by atoms with van der Waals surface area (Å²) in [5, 5.41) is 9.11. The van der Waals surface area contributed by atoms with Gasteiger partial charge in [-0.25, -0.2) is 8.42 Å². The largest absolute Gasteiger partial charge is 0.480 e. The molecule has 0 spiro atoms. The van der Waals surface area contributed by atoms with Crippen LogP contribution in [0.15, 0.2) is 0 Å². The van der Waals surface area contributed by atoms with Gasteiger partial charge in [0.15, 0.2) is 9.84 Å². The number of hydrogen-bond donors (Lipinski definition) is 1. The lowest BCUT2D eigenvalue weighted by molar-refractivity contribution is -0.139. The topological polar surface area (TPSA) is 77.9 Å². The predicted molar refractivity (Wildman–Crippen MR) is 76.5 cm³/mol. The molecular weight excluding hydrogens is 280 g/mol. The predicted octanol–water partition coefficient (Wildman–Crippen LogP) is 0.0428. The van der Waals surface area contributed by atoms with Gasteiger partial charge in [0.2, 0.25) is 0 Å². The van der Waals surface area contributed by atoms with Crippen LogP contribution in [0.2, 0.25) is 0 Å². The lowest BCUT2D eigenvalue weighted by Gasteiger charge is -2.32. The molecule has 0 aliphatic carbocycles. The molecule has 2 fully saturated rings. The number of sulfone groups is 1. The van der Waals surface area contributed by atoms with E-state index in [4.69, 9.17) is 5.11 Å². The molecule has 0 bridgehead atoms. The summed E-state index contributed by atoms with van der Waals surface area (Å²) in [5.74, 6) is -0.579. The molecule has 2 aliphatic rings. The van der Waals surface area contributed by atoms with Crippen LogP contribution in [0, 0.1) is 0 Å². The van der Waals surface area contributed by atoms with Crippen molar-refractivity contribution in [3.63, 3.8) is 0 Å². The Bertz CT molecular complexity index is 463. The quantitative estimate of drug-likeness (QED) is 0.773. The highest BCUT2D eigenvalue weighted by Gasteiger charge is 2.39. The van der Waals surface area contributed by atoms with Gasteiger partial charge in [0, 0.05) is 31.2 Å². The average Bonchev–Trinajstić information content (AvgIpc) is 2.92. The summed E-state index contributed by atoms with van der Waals surface area (Å²) in [6.07, 6.45) is 1.48. The minimum Gasteiger partial charge on any atom is -0.480 e. The van der Waals surface area contributed by atoms with Crippen molar-refractivity contribution in [3.8, 4) is 0 Å². The molecule has 2 saturated heterocycles. The van der Waals surface area contributed by atoms with Gasteiger partial charge in [-0.15, -0.1) is 0 Å². The Morgan fingerprint density at radius 3 is 2.50 bits per heavy atom. The van der Waals surface area contributed by atoms with Crippen LogP contribution >= 0.6 is 0 Å². The molecule has 7 heteroatoms. The van der Waals surface area contributed by atoms with E-state index in [-0.39, 0.29) is 30.1 Å². The van der Waals surface area contributed by atoms with Crippen LogP contribution in [0.5, 0.6) is 0 Å². The van der Waals surface area contributed by atoms with Crippen molar-refractivity contribution >= 4 is 15.8 Å². The van der Waals surface area contributed by atoms with Gasteiger partial charge in [-0.05, 0) is 26.7 Å². The van der Waals surface area contributed by atoms with Crippen LogP contribution < -0.4 is 0 Å². The summed E-state index contributed by atoms with van der Waals surface area (Å²) in [4.78, 5) is 15.3. The first kappa shape index (κ1) is 15.7. The van der Waals surface area contributed by atoms with Gasteiger partial charge in [0.1, 0.15) is 0 Å². The van der Waals surface area contributed by atoms with E-state index < -0.39 is 15.8 Å². The monoisotopic (exact) mass is 304 g/mol. The highest BCUT2D eigenvalue weighted by molar-refractivity contribution is 7.91. The highest BCUT2D eigenvalue weighted by atomic mass is 32.2. The van der Waals surface area contributed by atoms with Gasteiger partial charge in [0.05, 0.1) is 18.1 Å². The Labute approximate surface area is 120 Å². The first-order valence-electron chi connectivity index (χ1n) is 7.20. The SMILES string of the molecule is CC(C)N1CCC(N(CC(=O)O)C2CCS(=O)(=O)C2)C1. The van der Waals surface area contributed by atoms with Crippen molar-refractivity contribution in [2.45, 2.75) is 44.8 Å². The maximum absolute atomic E-state index is 11.6. The van der Waals surface area contributed by atoms with Crippen molar-refractivity contribution in [1.29, 1.82) is 0 Å². The second kappa shape index (κ2) is 5.99. The van der Waals surface area contributed by atoms with E-state index in [0.717, 1.165) is 19.5 Å².